The van der Waals surface area contributed by atoms with Crippen LogP contribution in [0.25, 0.3) is 66.1 Å². The summed E-state index contributed by atoms with van der Waals surface area (Å²) >= 11 is 0. The summed E-state index contributed by atoms with van der Waals surface area (Å²) in [6, 6.07) is 66.8. The topological polar surface area (TPSA) is 16.4 Å². The molecule has 0 aliphatic rings. The third-order valence-electron chi connectivity index (χ3n) is 9.27. The lowest BCUT2D eigenvalue weighted by molar-refractivity contribution is 0.674. The van der Waals surface area contributed by atoms with Crippen molar-refractivity contribution in [3.8, 4) is 33.4 Å². The van der Waals surface area contributed by atoms with Crippen molar-refractivity contribution in [3.05, 3.63) is 188 Å². The Morgan fingerprint density at radius 2 is 0.833 bits per heavy atom. The van der Waals surface area contributed by atoms with E-state index in [1.165, 1.54) is 27.6 Å². The van der Waals surface area contributed by atoms with Crippen molar-refractivity contribution in [3.63, 3.8) is 0 Å². The number of hydrogen-bond acceptors (Lipinski definition) is 2. The molecule has 2 nitrogen and oxygen atoms in total. The van der Waals surface area contributed by atoms with Crippen LogP contribution in [-0.2, 0) is 0 Å². The molecule has 0 spiro atoms. The van der Waals surface area contributed by atoms with Gasteiger partial charge in [0.25, 0.3) is 0 Å². The molecule has 0 aliphatic heterocycles. The molecule has 0 saturated carbocycles. The molecule has 0 saturated heterocycles. The van der Waals surface area contributed by atoms with E-state index in [4.69, 9.17) is 4.42 Å². The molecule has 0 fully saturated rings. The van der Waals surface area contributed by atoms with E-state index in [9.17, 15) is 0 Å². The minimum Gasteiger partial charge on any atom is -0.455 e. The first-order valence-corrected chi connectivity index (χ1v) is 16.3. The van der Waals surface area contributed by atoms with E-state index in [0.29, 0.717) is 0 Å². The normalized spacial score (nSPS) is 11.3. The van der Waals surface area contributed by atoms with Gasteiger partial charge in [0.2, 0.25) is 0 Å². The fourth-order valence-corrected chi connectivity index (χ4v) is 6.88. The van der Waals surface area contributed by atoms with Crippen molar-refractivity contribution < 1.29 is 4.42 Å². The first kappa shape index (κ1) is 27.9. The zero-order valence-corrected chi connectivity index (χ0v) is 26.3. The summed E-state index contributed by atoms with van der Waals surface area (Å²) in [5, 5.41) is 4.58. The molecule has 0 unspecified atom stereocenters. The molecule has 0 aliphatic carbocycles. The molecule has 8 aromatic carbocycles. The average molecular weight is 614 g/mol. The molecule has 226 valence electrons. The van der Waals surface area contributed by atoms with Gasteiger partial charge in [-0.2, -0.15) is 0 Å². The van der Waals surface area contributed by atoms with E-state index < -0.39 is 0 Å². The van der Waals surface area contributed by atoms with Crippen LogP contribution in [0.1, 0.15) is 0 Å². The van der Waals surface area contributed by atoms with Gasteiger partial charge in [-0.1, -0.05) is 146 Å². The SMILES string of the molecule is c1ccc(-c2ccc(N(c3ccc(-c4ccccc4)cc3)c3cccc(-c4cccc5c4oc4c6ccccc6ccc54)c3)cc2)cc1. The van der Waals surface area contributed by atoms with E-state index in [2.05, 4.69) is 193 Å². The van der Waals surface area contributed by atoms with E-state index >= 15 is 0 Å². The van der Waals surface area contributed by atoms with Crippen LogP contribution in [0.5, 0.6) is 0 Å². The van der Waals surface area contributed by atoms with Crippen LogP contribution in [0.4, 0.5) is 17.1 Å². The molecule has 1 aromatic heterocycles. The highest BCUT2D eigenvalue weighted by Gasteiger charge is 2.17. The van der Waals surface area contributed by atoms with Crippen molar-refractivity contribution in [1.82, 2.24) is 0 Å². The second-order valence-corrected chi connectivity index (χ2v) is 12.2. The Morgan fingerprint density at radius 3 is 1.50 bits per heavy atom. The fourth-order valence-electron chi connectivity index (χ4n) is 6.88. The van der Waals surface area contributed by atoms with E-state index in [1.54, 1.807) is 0 Å². The lowest BCUT2D eigenvalue weighted by Crippen LogP contribution is -2.10. The molecule has 9 aromatic rings. The van der Waals surface area contributed by atoms with Crippen LogP contribution in [0.2, 0.25) is 0 Å². The number of furan rings is 1. The van der Waals surface area contributed by atoms with Gasteiger partial charge in [0, 0.05) is 38.8 Å². The van der Waals surface area contributed by atoms with Crippen molar-refractivity contribution in [2.45, 2.75) is 0 Å². The first-order valence-electron chi connectivity index (χ1n) is 16.3. The number of anilines is 3. The molecule has 0 bridgehead atoms. The zero-order valence-electron chi connectivity index (χ0n) is 26.3. The predicted octanol–water partition coefficient (Wildman–Crippen LogP) is 13.2. The summed E-state index contributed by atoms with van der Waals surface area (Å²) in [5.74, 6) is 0. The van der Waals surface area contributed by atoms with Gasteiger partial charge in [-0.3, -0.25) is 0 Å². The summed E-state index contributed by atoms with van der Waals surface area (Å²) in [5.41, 5.74) is 12.1. The molecule has 0 radical (unpaired) electrons. The Balaban J connectivity index is 1.17. The highest BCUT2D eigenvalue weighted by Crippen LogP contribution is 2.42. The predicted molar refractivity (Wildman–Crippen MR) is 202 cm³/mol. The lowest BCUT2D eigenvalue weighted by atomic mass is 10.00. The standard InChI is InChI=1S/C46H31NO/c1-3-11-32(12-4-1)34-21-26-38(27-22-34)47(39-28-23-35(24-29-39)33-13-5-2-6-14-33)40-17-9-16-37(31-40)42-19-10-20-43-44-30-25-36-15-7-8-18-41(36)45(44)48-46(42)43/h1-31H. The second kappa shape index (κ2) is 11.8. The van der Waals surface area contributed by atoms with Crippen molar-refractivity contribution in [1.29, 1.82) is 0 Å². The highest BCUT2D eigenvalue weighted by molar-refractivity contribution is 6.17. The van der Waals surface area contributed by atoms with Gasteiger partial charge < -0.3 is 9.32 Å². The smallest absolute Gasteiger partial charge is 0.143 e. The molecular weight excluding hydrogens is 583 g/mol. The van der Waals surface area contributed by atoms with Crippen molar-refractivity contribution in [2.75, 3.05) is 4.90 Å². The zero-order chi connectivity index (χ0) is 31.9. The molecule has 2 heteroatoms. The minimum absolute atomic E-state index is 0.909. The number of para-hydroxylation sites is 1. The average Bonchev–Trinajstić information content (AvgIpc) is 3.56. The number of nitrogens with zero attached hydrogens (tertiary/aromatic N) is 1. The third kappa shape index (κ3) is 4.92. The van der Waals surface area contributed by atoms with Gasteiger partial charge in [0.15, 0.2) is 0 Å². The maximum Gasteiger partial charge on any atom is 0.143 e. The van der Waals surface area contributed by atoms with Gasteiger partial charge in [-0.25, -0.2) is 0 Å². The summed E-state index contributed by atoms with van der Waals surface area (Å²) in [6.45, 7) is 0. The molecule has 9 rings (SSSR count). The third-order valence-corrected chi connectivity index (χ3v) is 9.27. The number of fused-ring (bicyclic) bond motifs is 5. The van der Waals surface area contributed by atoms with Gasteiger partial charge in [0.1, 0.15) is 11.2 Å². The van der Waals surface area contributed by atoms with E-state index in [1.807, 2.05) is 0 Å². The summed E-state index contributed by atoms with van der Waals surface area (Å²) in [7, 11) is 0. The Morgan fingerprint density at radius 1 is 0.312 bits per heavy atom. The van der Waals surface area contributed by atoms with Crippen LogP contribution in [0.15, 0.2) is 192 Å². The molecular formula is C46H31NO. The molecule has 48 heavy (non-hydrogen) atoms. The number of benzene rings is 8. The van der Waals surface area contributed by atoms with Crippen LogP contribution < -0.4 is 4.90 Å². The van der Waals surface area contributed by atoms with Gasteiger partial charge >= 0.3 is 0 Å². The van der Waals surface area contributed by atoms with E-state index in [0.717, 1.165) is 55.5 Å². The Bertz CT molecular complexity index is 2450. The monoisotopic (exact) mass is 613 g/mol. The largest absolute Gasteiger partial charge is 0.455 e. The molecule has 0 amide bonds. The van der Waals surface area contributed by atoms with Crippen LogP contribution in [0.3, 0.4) is 0 Å². The quantitative estimate of drug-likeness (QED) is 0.185. The minimum atomic E-state index is 0.909. The summed E-state index contributed by atoms with van der Waals surface area (Å²) in [6.07, 6.45) is 0. The van der Waals surface area contributed by atoms with Gasteiger partial charge in [-0.15, -0.1) is 0 Å². The Hall–Kier alpha value is -6.38. The summed E-state index contributed by atoms with van der Waals surface area (Å²) < 4.78 is 6.72. The molecule has 1 heterocycles. The maximum atomic E-state index is 6.72. The first-order chi connectivity index (χ1) is 23.8. The molecule has 0 N–H and O–H groups in total. The van der Waals surface area contributed by atoms with Crippen LogP contribution >= 0.6 is 0 Å². The maximum absolute atomic E-state index is 6.72. The van der Waals surface area contributed by atoms with Crippen molar-refractivity contribution in [2.24, 2.45) is 0 Å². The number of hydrogen-bond donors (Lipinski definition) is 0. The molecule has 0 atom stereocenters. The van der Waals surface area contributed by atoms with E-state index in [-0.39, 0.29) is 0 Å². The lowest BCUT2D eigenvalue weighted by Gasteiger charge is -2.26. The van der Waals surface area contributed by atoms with Gasteiger partial charge in [0.05, 0.1) is 0 Å². The van der Waals surface area contributed by atoms with Crippen LogP contribution in [0, 0.1) is 0 Å². The number of rotatable bonds is 6. The van der Waals surface area contributed by atoms with Gasteiger partial charge in [-0.05, 0) is 75.7 Å². The Kier molecular flexibility index (Phi) is 6.84. The highest BCUT2D eigenvalue weighted by atomic mass is 16.3. The van der Waals surface area contributed by atoms with Crippen LogP contribution in [-0.4, -0.2) is 0 Å². The second-order valence-electron chi connectivity index (χ2n) is 12.2. The van der Waals surface area contributed by atoms with Crippen molar-refractivity contribution >= 4 is 49.8 Å². The fraction of sp³-hybridized carbons (Fsp3) is 0. The summed E-state index contributed by atoms with van der Waals surface area (Å²) in [4.78, 5) is 2.33. The Labute approximate surface area is 279 Å².